The third-order valence-corrected chi connectivity index (χ3v) is 7.56. The Hall–Kier alpha value is 0.370. The molecule has 2 rings (SSSR count). The molecule has 98 valence electrons. The summed E-state index contributed by atoms with van der Waals surface area (Å²) in [6, 6.07) is 0. The van der Waals surface area contributed by atoms with Crippen LogP contribution in [0.2, 0.25) is 0 Å². The third-order valence-electron chi connectivity index (χ3n) is 4.12. The van der Waals surface area contributed by atoms with Gasteiger partial charge in [0, 0.05) is 22.7 Å². The zero-order valence-electron chi connectivity index (χ0n) is 11.0. The van der Waals surface area contributed by atoms with Crippen molar-refractivity contribution < 1.29 is 4.79 Å². The average Bonchev–Trinajstić information content (AvgIpc) is 2.34. The molecular weight excluding hydrogens is 248 g/mol. The lowest BCUT2D eigenvalue weighted by molar-refractivity contribution is -0.119. The van der Waals surface area contributed by atoms with Gasteiger partial charge in [-0.05, 0) is 5.92 Å². The van der Waals surface area contributed by atoms with Gasteiger partial charge in [0.1, 0.15) is 5.78 Å². The summed E-state index contributed by atoms with van der Waals surface area (Å²) in [5.74, 6) is 2.28. The van der Waals surface area contributed by atoms with Crippen molar-refractivity contribution in [1.29, 1.82) is 0 Å². The lowest BCUT2D eigenvalue weighted by Gasteiger charge is -2.31. The molecule has 17 heavy (non-hydrogen) atoms. The van der Waals surface area contributed by atoms with Crippen molar-refractivity contribution in [2.45, 2.75) is 68.1 Å². The maximum absolute atomic E-state index is 12.3. The molecule has 0 aromatic rings. The minimum atomic E-state index is 0.285. The second-order valence-electron chi connectivity index (χ2n) is 5.54. The van der Waals surface area contributed by atoms with Crippen LogP contribution in [0.4, 0.5) is 0 Å². The molecule has 3 heteroatoms. The van der Waals surface area contributed by atoms with Gasteiger partial charge < -0.3 is 0 Å². The van der Waals surface area contributed by atoms with Crippen LogP contribution in [0.3, 0.4) is 0 Å². The lowest BCUT2D eigenvalue weighted by Crippen LogP contribution is -2.32. The zero-order valence-corrected chi connectivity index (χ0v) is 12.6. The predicted molar refractivity (Wildman–Crippen MR) is 79.0 cm³/mol. The lowest BCUT2D eigenvalue weighted by atomic mass is 9.85. The van der Waals surface area contributed by atoms with Crippen molar-refractivity contribution in [1.82, 2.24) is 0 Å². The SMILES string of the molecule is CC1SCC(C(=O)CC2CCCCC2)SC1C. The van der Waals surface area contributed by atoms with Crippen LogP contribution in [0.1, 0.15) is 52.4 Å². The molecular formula is C14H24OS2. The van der Waals surface area contributed by atoms with Gasteiger partial charge in [-0.1, -0.05) is 46.0 Å². The zero-order chi connectivity index (χ0) is 12.3. The van der Waals surface area contributed by atoms with Crippen molar-refractivity contribution in [3.05, 3.63) is 0 Å². The molecule has 1 aliphatic carbocycles. The van der Waals surface area contributed by atoms with Gasteiger partial charge in [0.2, 0.25) is 0 Å². The van der Waals surface area contributed by atoms with Crippen molar-refractivity contribution in [3.8, 4) is 0 Å². The van der Waals surface area contributed by atoms with Crippen LogP contribution >= 0.6 is 23.5 Å². The second kappa shape index (κ2) is 6.51. The summed E-state index contributed by atoms with van der Waals surface area (Å²) in [6.45, 7) is 4.55. The Balaban J connectivity index is 1.79. The molecule has 3 unspecified atom stereocenters. The van der Waals surface area contributed by atoms with Crippen LogP contribution in [-0.4, -0.2) is 27.3 Å². The van der Waals surface area contributed by atoms with Crippen molar-refractivity contribution in [2.24, 2.45) is 5.92 Å². The molecule has 1 saturated carbocycles. The summed E-state index contributed by atoms with van der Waals surface area (Å²) in [4.78, 5) is 12.3. The largest absolute Gasteiger partial charge is 0.298 e. The molecule has 0 aromatic heterocycles. The maximum Gasteiger partial charge on any atom is 0.146 e. The van der Waals surface area contributed by atoms with Crippen LogP contribution in [0.25, 0.3) is 0 Å². The van der Waals surface area contributed by atoms with E-state index < -0.39 is 0 Å². The summed E-state index contributed by atoms with van der Waals surface area (Å²) in [5.41, 5.74) is 0. The van der Waals surface area contributed by atoms with Gasteiger partial charge in [0.05, 0.1) is 5.25 Å². The van der Waals surface area contributed by atoms with Crippen molar-refractivity contribution >= 4 is 29.3 Å². The monoisotopic (exact) mass is 272 g/mol. The molecule has 0 amide bonds. The quantitative estimate of drug-likeness (QED) is 0.768. The first-order chi connectivity index (χ1) is 8.16. The fourth-order valence-corrected chi connectivity index (χ4v) is 5.66. The Morgan fingerprint density at radius 2 is 1.82 bits per heavy atom. The van der Waals surface area contributed by atoms with Gasteiger partial charge in [-0.2, -0.15) is 11.8 Å². The van der Waals surface area contributed by atoms with Crippen molar-refractivity contribution in [3.63, 3.8) is 0 Å². The van der Waals surface area contributed by atoms with Crippen LogP contribution in [0.15, 0.2) is 0 Å². The van der Waals surface area contributed by atoms with Crippen LogP contribution in [0.5, 0.6) is 0 Å². The molecule has 2 fully saturated rings. The van der Waals surface area contributed by atoms with Gasteiger partial charge in [-0.25, -0.2) is 0 Å². The molecule has 0 spiro atoms. The molecule has 1 aliphatic heterocycles. The van der Waals surface area contributed by atoms with E-state index in [2.05, 4.69) is 13.8 Å². The molecule has 1 saturated heterocycles. The number of Topliss-reactive ketones (excluding diaryl/α,β-unsaturated/α-hetero) is 1. The standard InChI is InChI=1S/C14H24OS2/c1-10-11(2)17-14(9-16-10)13(15)8-12-6-4-3-5-7-12/h10-12,14H,3-9H2,1-2H3. The number of thioether (sulfide) groups is 2. The highest BCUT2D eigenvalue weighted by Gasteiger charge is 2.31. The van der Waals surface area contributed by atoms with Gasteiger partial charge >= 0.3 is 0 Å². The minimum absolute atomic E-state index is 0.285. The number of hydrogen-bond donors (Lipinski definition) is 0. The Morgan fingerprint density at radius 1 is 1.12 bits per heavy atom. The number of hydrogen-bond acceptors (Lipinski definition) is 3. The molecule has 0 bridgehead atoms. The second-order valence-corrected chi connectivity index (χ2v) is 8.54. The summed E-state index contributed by atoms with van der Waals surface area (Å²) in [5, 5.41) is 1.63. The van der Waals surface area contributed by atoms with E-state index in [1.165, 1.54) is 32.1 Å². The Labute approximate surface area is 114 Å². The summed E-state index contributed by atoms with van der Waals surface area (Å²) < 4.78 is 0. The average molecular weight is 272 g/mol. The first kappa shape index (κ1) is 13.8. The fraction of sp³-hybridized carbons (Fsp3) is 0.929. The third kappa shape index (κ3) is 3.92. The van der Waals surface area contributed by atoms with Crippen LogP contribution in [0, 0.1) is 5.92 Å². The molecule has 0 N–H and O–H groups in total. The highest BCUT2D eigenvalue weighted by molar-refractivity contribution is 8.08. The predicted octanol–water partition coefficient (Wildman–Crippen LogP) is 4.15. The van der Waals surface area contributed by atoms with Gasteiger partial charge in [0.25, 0.3) is 0 Å². The summed E-state index contributed by atoms with van der Waals surface area (Å²) >= 11 is 3.90. The van der Waals surface area contributed by atoms with E-state index in [-0.39, 0.29) is 5.25 Å². The molecule has 2 aliphatic rings. The number of ketones is 1. The molecule has 1 heterocycles. The fourth-order valence-electron chi connectivity index (χ4n) is 2.76. The normalized spacial score (nSPS) is 35.8. The van der Waals surface area contributed by atoms with Crippen LogP contribution in [-0.2, 0) is 4.79 Å². The first-order valence-corrected chi connectivity index (χ1v) is 8.95. The Bertz CT molecular complexity index is 261. The van der Waals surface area contributed by atoms with E-state index in [0.717, 1.165) is 12.2 Å². The molecule has 1 nitrogen and oxygen atoms in total. The number of carbonyl (C=O) groups excluding carboxylic acids is 1. The first-order valence-electron chi connectivity index (χ1n) is 6.96. The van der Waals surface area contributed by atoms with E-state index in [0.29, 0.717) is 22.2 Å². The molecule has 0 radical (unpaired) electrons. The smallest absolute Gasteiger partial charge is 0.146 e. The number of rotatable bonds is 3. The van der Waals surface area contributed by atoms with E-state index in [1.54, 1.807) is 0 Å². The minimum Gasteiger partial charge on any atom is -0.298 e. The number of carbonyl (C=O) groups is 1. The van der Waals surface area contributed by atoms with E-state index in [1.807, 2.05) is 23.5 Å². The topological polar surface area (TPSA) is 17.1 Å². The molecule has 0 aromatic carbocycles. The highest BCUT2D eigenvalue weighted by Crippen LogP contribution is 2.37. The van der Waals surface area contributed by atoms with Crippen LogP contribution < -0.4 is 0 Å². The van der Waals surface area contributed by atoms with Gasteiger partial charge in [-0.3, -0.25) is 4.79 Å². The van der Waals surface area contributed by atoms with Crippen molar-refractivity contribution in [2.75, 3.05) is 5.75 Å². The van der Waals surface area contributed by atoms with E-state index in [9.17, 15) is 4.79 Å². The Kier molecular flexibility index (Phi) is 5.28. The van der Waals surface area contributed by atoms with E-state index >= 15 is 0 Å². The molecule has 3 atom stereocenters. The van der Waals surface area contributed by atoms with E-state index in [4.69, 9.17) is 0 Å². The summed E-state index contributed by atoms with van der Waals surface area (Å²) in [6.07, 6.45) is 7.52. The summed E-state index contributed by atoms with van der Waals surface area (Å²) in [7, 11) is 0. The van der Waals surface area contributed by atoms with Gasteiger partial charge in [0.15, 0.2) is 0 Å². The van der Waals surface area contributed by atoms with Gasteiger partial charge in [-0.15, -0.1) is 11.8 Å². The highest BCUT2D eigenvalue weighted by atomic mass is 32.2. The Morgan fingerprint density at radius 3 is 2.47 bits per heavy atom. The maximum atomic E-state index is 12.3.